The molecule has 10 heteroatoms. The van der Waals surface area contributed by atoms with Crippen molar-refractivity contribution in [1.29, 1.82) is 0 Å². The Morgan fingerprint density at radius 2 is 1.47 bits per heavy atom. The van der Waals surface area contributed by atoms with Crippen molar-refractivity contribution in [3.8, 4) is 11.3 Å². The number of allylic oxidation sites excluding steroid dienone is 1. The van der Waals surface area contributed by atoms with Crippen molar-refractivity contribution in [3.63, 3.8) is 0 Å². The van der Waals surface area contributed by atoms with Crippen molar-refractivity contribution in [1.82, 2.24) is 29.7 Å². The van der Waals surface area contributed by atoms with Crippen LogP contribution in [0.15, 0.2) is 54.7 Å². The smallest absolute Gasteiger partial charge is 0.410 e. The van der Waals surface area contributed by atoms with Gasteiger partial charge in [-0.25, -0.2) is 19.6 Å². The van der Waals surface area contributed by atoms with E-state index in [-0.39, 0.29) is 24.3 Å². The van der Waals surface area contributed by atoms with Gasteiger partial charge in [-0.1, -0.05) is 42.5 Å². The second-order valence-corrected chi connectivity index (χ2v) is 14.5. The van der Waals surface area contributed by atoms with Gasteiger partial charge in [0.1, 0.15) is 22.9 Å². The molecule has 47 heavy (non-hydrogen) atoms. The van der Waals surface area contributed by atoms with E-state index >= 15 is 0 Å². The van der Waals surface area contributed by atoms with Crippen LogP contribution < -0.4 is 0 Å². The molecule has 0 radical (unpaired) electrons. The minimum Gasteiger partial charge on any atom is -0.444 e. The molecule has 0 saturated carbocycles. The molecule has 2 amide bonds. The van der Waals surface area contributed by atoms with E-state index in [0.717, 1.165) is 71.6 Å². The number of nitrogens with one attached hydrogen (secondary N) is 2. The summed E-state index contributed by atoms with van der Waals surface area (Å²) in [4.78, 5) is 45.5. The molecule has 2 saturated heterocycles. The molecular formula is C37H46N6O4. The molecular weight excluding hydrogens is 592 g/mol. The molecule has 4 heterocycles. The summed E-state index contributed by atoms with van der Waals surface area (Å²) < 4.78 is 11.3. The number of H-pyrrole nitrogens is 2. The maximum atomic E-state index is 12.8. The number of benzene rings is 2. The van der Waals surface area contributed by atoms with Gasteiger partial charge in [0.05, 0.1) is 35.0 Å². The van der Waals surface area contributed by atoms with Crippen LogP contribution in [0, 0.1) is 0 Å². The second kappa shape index (κ2) is 12.9. The standard InChI is InChI=1S/C37H46N6O4/c1-36(2,3)46-34(44)42-20-8-12-30(42)32-38-23-29(41-32)26-17-14-24(15-18-26)10-7-11-25-16-19-27-28(22-25)40-33(39-27)31-13-9-21-43(31)35(45)47-37(4,5)6/h7,10,14-19,22-23,30-31H,8-9,11-13,20-21H2,1-6H3,(H,38,41)(H,39,40)/b10-7+/t30?,31-/m0/s1. The van der Waals surface area contributed by atoms with Crippen molar-refractivity contribution in [2.24, 2.45) is 0 Å². The highest BCUT2D eigenvalue weighted by molar-refractivity contribution is 5.77. The number of likely N-dealkylation sites (tertiary alicyclic amines) is 2. The Hall–Kier alpha value is -4.60. The normalized spacial score (nSPS) is 18.9. The Morgan fingerprint density at radius 1 is 0.851 bits per heavy atom. The Balaban J connectivity index is 1.07. The molecule has 1 unspecified atom stereocenters. The number of aromatic amines is 2. The van der Waals surface area contributed by atoms with Crippen molar-refractivity contribution < 1.29 is 19.1 Å². The predicted molar refractivity (Wildman–Crippen MR) is 183 cm³/mol. The van der Waals surface area contributed by atoms with E-state index in [9.17, 15) is 9.59 Å². The number of aromatic nitrogens is 4. The molecule has 0 bridgehead atoms. The fourth-order valence-corrected chi connectivity index (χ4v) is 6.30. The van der Waals surface area contributed by atoms with E-state index in [1.807, 2.05) is 53.8 Å². The van der Waals surface area contributed by atoms with E-state index in [4.69, 9.17) is 14.5 Å². The van der Waals surface area contributed by atoms with Gasteiger partial charge >= 0.3 is 12.2 Å². The molecule has 2 N–H and O–H groups in total. The van der Waals surface area contributed by atoms with E-state index in [2.05, 4.69) is 63.5 Å². The first-order chi connectivity index (χ1) is 22.3. The van der Waals surface area contributed by atoms with Gasteiger partial charge in [-0.2, -0.15) is 0 Å². The third-order valence-corrected chi connectivity index (χ3v) is 8.44. The number of imidazole rings is 2. The molecule has 2 aromatic carbocycles. The van der Waals surface area contributed by atoms with Gasteiger partial charge in [0.25, 0.3) is 0 Å². The maximum absolute atomic E-state index is 12.8. The SMILES string of the molecule is CC(C)(C)OC(=O)N1CCCC1c1ncc(-c2ccc(/C=C/Cc3ccc4nc([C@@H]5CCCN5C(=O)OC(C)(C)C)[nH]c4c3)cc2)[nH]1. The van der Waals surface area contributed by atoms with Crippen molar-refractivity contribution in [3.05, 3.63) is 77.5 Å². The summed E-state index contributed by atoms with van der Waals surface area (Å²) in [5.41, 5.74) is 5.04. The molecule has 248 valence electrons. The zero-order chi connectivity index (χ0) is 33.3. The highest BCUT2D eigenvalue weighted by Gasteiger charge is 2.36. The van der Waals surface area contributed by atoms with Crippen molar-refractivity contribution in [2.45, 2.75) is 96.9 Å². The number of carbonyl (C=O) groups excluding carboxylic acids is 2. The lowest BCUT2D eigenvalue weighted by molar-refractivity contribution is 0.0208. The number of fused-ring (bicyclic) bond motifs is 1. The average Bonchev–Trinajstić information content (AvgIpc) is 3.81. The zero-order valence-corrected chi connectivity index (χ0v) is 28.3. The first-order valence-corrected chi connectivity index (χ1v) is 16.6. The zero-order valence-electron chi connectivity index (χ0n) is 28.3. The van der Waals surface area contributed by atoms with Crippen LogP contribution in [-0.2, 0) is 15.9 Å². The van der Waals surface area contributed by atoms with Crippen molar-refractivity contribution >= 4 is 29.3 Å². The largest absolute Gasteiger partial charge is 0.444 e. The molecule has 0 aliphatic carbocycles. The monoisotopic (exact) mass is 638 g/mol. The van der Waals surface area contributed by atoms with E-state index in [0.29, 0.717) is 13.1 Å². The number of hydrogen-bond acceptors (Lipinski definition) is 6. The van der Waals surface area contributed by atoms with Crippen LogP contribution in [-0.4, -0.2) is 66.2 Å². The van der Waals surface area contributed by atoms with Crippen LogP contribution in [0.5, 0.6) is 0 Å². The van der Waals surface area contributed by atoms with Crippen LogP contribution in [0.4, 0.5) is 9.59 Å². The minimum atomic E-state index is -0.532. The summed E-state index contributed by atoms with van der Waals surface area (Å²) in [6.45, 7) is 12.7. The minimum absolute atomic E-state index is 0.105. The van der Waals surface area contributed by atoms with Crippen LogP contribution >= 0.6 is 0 Å². The summed E-state index contributed by atoms with van der Waals surface area (Å²) in [6, 6.07) is 14.4. The predicted octanol–water partition coefficient (Wildman–Crippen LogP) is 8.35. The first-order valence-electron chi connectivity index (χ1n) is 16.6. The van der Waals surface area contributed by atoms with E-state index in [1.165, 1.54) is 5.56 Å². The third kappa shape index (κ3) is 7.69. The third-order valence-electron chi connectivity index (χ3n) is 8.44. The summed E-state index contributed by atoms with van der Waals surface area (Å²) in [5, 5.41) is 0. The van der Waals surface area contributed by atoms with E-state index < -0.39 is 11.2 Å². The fraction of sp³-hybridized carbons (Fsp3) is 0.459. The number of nitrogens with zero attached hydrogens (tertiary/aromatic N) is 4. The second-order valence-electron chi connectivity index (χ2n) is 14.5. The number of ether oxygens (including phenoxy) is 2. The van der Waals surface area contributed by atoms with Gasteiger partial charge in [0, 0.05) is 13.1 Å². The van der Waals surface area contributed by atoms with Gasteiger partial charge in [0.2, 0.25) is 0 Å². The van der Waals surface area contributed by atoms with Crippen LogP contribution in [0.2, 0.25) is 0 Å². The van der Waals surface area contributed by atoms with Crippen LogP contribution in [0.25, 0.3) is 28.4 Å². The lowest BCUT2D eigenvalue weighted by atomic mass is 10.1. The highest BCUT2D eigenvalue weighted by Crippen LogP contribution is 2.34. The van der Waals surface area contributed by atoms with Crippen molar-refractivity contribution in [2.75, 3.05) is 13.1 Å². The molecule has 0 spiro atoms. The number of amides is 2. The lowest BCUT2D eigenvalue weighted by Gasteiger charge is -2.27. The Bertz CT molecular complexity index is 1760. The molecule has 4 aromatic rings. The molecule has 2 aromatic heterocycles. The maximum Gasteiger partial charge on any atom is 0.410 e. The summed E-state index contributed by atoms with van der Waals surface area (Å²) >= 11 is 0. The quantitative estimate of drug-likeness (QED) is 0.219. The fourth-order valence-electron chi connectivity index (χ4n) is 6.30. The molecule has 6 rings (SSSR count). The van der Waals surface area contributed by atoms with Crippen LogP contribution in [0.3, 0.4) is 0 Å². The first kappa shape index (κ1) is 32.3. The van der Waals surface area contributed by atoms with Gasteiger partial charge < -0.3 is 19.4 Å². The average molecular weight is 639 g/mol. The van der Waals surface area contributed by atoms with Gasteiger partial charge in [-0.3, -0.25) is 9.80 Å². The lowest BCUT2D eigenvalue weighted by Crippen LogP contribution is -2.36. The molecule has 2 atom stereocenters. The summed E-state index contributed by atoms with van der Waals surface area (Å²) in [6.07, 6.45) is 9.89. The van der Waals surface area contributed by atoms with Gasteiger partial charge in [-0.05, 0) is 102 Å². The number of hydrogen-bond donors (Lipinski definition) is 2. The Morgan fingerprint density at radius 3 is 2.09 bits per heavy atom. The topological polar surface area (TPSA) is 116 Å². The Kier molecular flexibility index (Phi) is 8.87. The summed E-state index contributed by atoms with van der Waals surface area (Å²) in [7, 11) is 0. The van der Waals surface area contributed by atoms with Crippen LogP contribution in [0.1, 0.15) is 102 Å². The number of rotatable bonds is 6. The van der Waals surface area contributed by atoms with E-state index in [1.54, 1.807) is 9.80 Å². The number of carbonyl (C=O) groups is 2. The van der Waals surface area contributed by atoms with Gasteiger partial charge in [0.15, 0.2) is 0 Å². The molecule has 10 nitrogen and oxygen atoms in total. The Labute approximate surface area is 276 Å². The molecule has 2 aliphatic rings. The summed E-state index contributed by atoms with van der Waals surface area (Å²) in [5.74, 6) is 1.60. The highest BCUT2D eigenvalue weighted by atomic mass is 16.6. The molecule has 2 aliphatic heterocycles. The molecule has 2 fully saturated rings. The van der Waals surface area contributed by atoms with Gasteiger partial charge in [-0.15, -0.1) is 0 Å².